The van der Waals surface area contributed by atoms with Gasteiger partial charge in [0, 0.05) is 46.4 Å². The number of carbonyl (C=O) groups is 2. The first-order chi connectivity index (χ1) is 19.5. The number of aliphatic imine (C=N–C) groups is 1. The summed E-state index contributed by atoms with van der Waals surface area (Å²) in [5.41, 5.74) is 4.53. The number of likely N-dealkylation sites (N-methyl/N-ethyl adjacent to an activating group) is 1. The summed E-state index contributed by atoms with van der Waals surface area (Å²) >= 11 is 0. The van der Waals surface area contributed by atoms with Crippen molar-refractivity contribution < 1.29 is 19.4 Å². The number of rotatable bonds is 8. The van der Waals surface area contributed by atoms with E-state index >= 15 is 0 Å². The molecule has 3 heterocycles. The van der Waals surface area contributed by atoms with E-state index in [0.717, 1.165) is 32.1 Å². The summed E-state index contributed by atoms with van der Waals surface area (Å²) in [5, 5.41) is 10.9. The van der Waals surface area contributed by atoms with Gasteiger partial charge in [0.1, 0.15) is 17.4 Å². The molecule has 2 aliphatic carbocycles. The molecule has 0 unspecified atom stereocenters. The largest absolute Gasteiger partial charge is 0.494 e. The van der Waals surface area contributed by atoms with Gasteiger partial charge in [-0.1, -0.05) is 13.3 Å². The van der Waals surface area contributed by atoms with E-state index in [1.807, 2.05) is 0 Å². The van der Waals surface area contributed by atoms with Crippen LogP contribution in [0.2, 0.25) is 0 Å². The number of amides is 3. The molecule has 41 heavy (non-hydrogen) atoms. The van der Waals surface area contributed by atoms with E-state index in [1.54, 1.807) is 11.9 Å². The molecule has 12 nitrogen and oxygen atoms in total. The van der Waals surface area contributed by atoms with Gasteiger partial charge in [0.05, 0.1) is 0 Å². The van der Waals surface area contributed by atoms with Crippen LogP contribution in [-0.4, -0.2) is 81.7 Å². The van der Waals surface area contributed by atoms with E-state index in [4.69, 9.17) is 10.5 Å². The van der Waals surface area contributed by atoms with Crippen LogP contribution in [0.5, 0.6) is 5.88 Å². The molecule has 1 aromatic rings. The molecule has 4 aliphatic rings. The Labute approximate surface area is 240 Å². The number of nitrogens with two attached hydrogens (primary N) is 1. The molecule has 1 aromatic heterocycles. The number of imide groups is 1. The Morgan fingerprint density at radius 1 is 1.02 bits per heavy atom. The Morgan fingerprint density at radius 3 is 2.24 bits per heavy atom. The van der Waals surface area contributed by atoms with Gasteiger partial charge in [-0.05, 0) is 75.0 Å². The maximum absolute atomic E-state index is 13.6. The highest BCUT2D eigenvalue weighted by Crippen LogP contribution is 2.45. The Morgan fingerprint density at radius 2 is 1.66 bits per heavy atom. The molecular formula is C29H44N6O6. The van der Waals surface area contributed by atoms with Gasteiger partial charge in [-0.3, -0.25) is 28.6 Å². The average molecular weight is 573 g/mol. The van der Waals surface area contributed by atoms with Crippen LogP contribution in [0.3, 0.4) is 0 Å². The second-order valence-electron chi connectivity index (χ2n) is 12.8. The fraction of sp³-hybridized carbons (Fsp3) is 0.759. The molecule has 3 N–H and O–H groups in total. The smallest absolute Gasteiger partial charge is 0.334 e. The number of urea groups is 1. The van der Waals surface area contributed by atoms with Crippen LogP contribution < -0.4 is 17.0 Å². The maximum atomic E-state index is 13.6. The first-order valence-electron chi connectivity index (χ1n) is 15.0. The number of hydrogen-bond acceptors (Lipinski definition) is 7. The summed E-state index contributed by atoms with van der Waals surface area (Å²) in [6, 6.07) is -1.11. The van der Waals surface area contributed by atoms with Crippen LogP contribution in [0.15, 0.2) is 14.6 Å². The van der Waals surface area contributed by atoms with Crippen LogP contribution in [0, 0.1) is 17.3 Å². The molecule has 12 heteroatoms. The second kappa shape index (κ2) is 11.6. The number of hydrogen-bond donors (Lipinski definition) is 2. The second-order valence-corrected chi connectivity index (χ2v) is 12.8. The summed E-state index contributed by atoms with van der Waals surface area (Å²) in [6.45, 7) is 4.38. The lowest BCUT2D eigenvalue weighted by Crippen LogP contribution is -2.48. The number of nitrogens with zero attached hydrogens (tertiary/aromatic N) is 5. The zero-order valence-electron chi connectivity index (χ0n) is 24.5. The summed E-state index contributed by atoms with van der Waals surface area (Å²) in [5.74, 6) is -0.0824. The summed E-state index contributed by atoms with van der Waals surface area (Å²) < 4.78 is 8.03. The highest BCUT2D eigenvalue weighted by molar-refractivity contribution is 6.04. The summed E-state index contributed by atoms with van der Waals surface area (Å²) in [4.78, 5) is 60.3. The molecule has 2 aliphatic heterocycles. The van der Waals surface area contributed by atoms with Gasteiger partial charge in [-0.25, -0.2) is 9.59 Å². The van der Waals surface area contributed by atoms with E-state index in [1.165, 1.54) is 21.1 Å². The van der Waals surface area contributed by atoms with Crippen molar-refractivity contribution in [2.75, 3.05) is 33.9 Å². The molecule has 0 aromatic carbocycles. The zero-order valence-corrected chi connectivity index (χ0v) is 24.5. The van der Waals surface area contributed by atoms with Gasteiger partial charge < -0.3 is 20.5 Å². The number of aromatic hydroxyl groups is 1. The van der Waals surface area contributed by atoms with Crippen molar-refractivity contribution >= 4 is 17.8 Å². The first-order valence-corrected chi connectivity index (χ1v) is 15.0. The molecular weight excluding hydrogens is 528 g/mol. The topological polar surface area (TPSA) is 152 Å². The number of ether oxygens (including phenoxy) is 1. The van der Waals surface area contributed by atoms with E-state index in [-0.39, 0.29) is 40.7 Å². The van der Waals surface area contributed by atoms with E-state index in [0.29, 0.717) is 64.3 Å². The third kappa shape index (κ3) is 5.54. The molecule has 0 spiro atoms. The Hall–Kier alpha value is -3.15. The van der Waals surface area contributed by atoms with Gasteiger partial charge in [-0.2, -0.15) is 0 Å². The van der Waals surface area contributed by atoms with Crippen LogP contribution >= 0.6 is 0 Å². The summed E-state index contributed by atoms with van der Waals surface area (Å²) in [7, 11) is 3.00. The minimum atomic E-state index is -0.616. The van der Waals surface area contributed by atoms with Crippen molar-refractivity contribution in [3.63, 3.8) is 0 Å². The van der Waals surface area contributed by atoms with E-state index in [2.05, 4.69) is 11.9 Å². The standard InChI is InChI=1S/C29H44N6O6/c1-29(15-21-24(36)32(3)27(39)33(21)16-19-9-13-41-14-10-19)11-7-20(8-12-29)35-26(38)22(23(30)31-2)25(37)34(28(35)40)17-18-5-4-6-18/h18-21,37H,4-17H2,1-3H3,(H2,30,31)/t20?,21-,29?/m0/s1. The number of carbonyl (C=O) groups excluding carboxylic acids is 2. The van der Waals surface area contributed by atoms with Crippen molar-refractivity contribution in [3.8, 4) is 5.88 Å². The normalized spacial score (nSPS) is 28.4. The van der Waals surface area contributed by atoms with Gasteiger partial charge in [-0.15, -0.1) is 0 Å². The van der Waals surface area contributed by atoms with Crippen molar-refractivity contribution in [1.82, 2.24) is 18.9 Å². The third-order valence-electron chi connectivity index (χ3n) is 10.0. The third-order valence-corrected chi connectivity index (χ3v) is 10.0. The fourth-order valence-electron chi connectivity index (χ4n) is 7.03. The molecule has 2 saturated heterocycles. The minimum absolute atomic E-state index is 0.0950. The van der Waals surface area contributed by atoms with Crippen molar-refractivity contribution in [3.05, 3.63) is 26.4 Å². The van der Waals surface area contributed by atoms with Gasteiger partial charge >= 0.3 is 11.7 Å². The highest BCUT2D eigenvalue weighted by atomic mass is 16.5. The Bertz CT molecular complexity index is 1320. The molecule has 3 amide bonds. The van der Waals surface area contributed by atoms with Crippen LogP contribution in [0.25, 0.3) is 0 Å². The predicted molar refractivity (Wildman–Crippen MR) is 153 cm³/mol. The zero-order chi connectivity index (χ0) is 29.5. The van der Waals surface area contributed by atoms with E-state index < -0.39 is 23.2 Å². The van der Waals surface area contributed by atoms with Crippen LogP contribution in [-0.2, 0) is 16.1 Å². The number of aromatic nitrogens is 2. The van der Waals surface area contributed by atoms with Gasteiger partial charge in [0.25, 0.3) is 11.5 Å². The van der Waals surface area contributed by atoms with Gasteiger partial charge in [0.2, 0.25) is 5.88 Å². The maximum Gasteiger partial charge on any atom is 0.334 e. The fourth-order valence-corrected chi connectivity index (χ4v) is 7.03. The highest BCUT2D eigenvalue weighted by Gasteiger charge is 2.47. The lowest BCUT2D eigenvalue weighted by Gasteiger charge is -2.40. The average Bonchev–Trinajstić information content (AvgIpc) is 3.12. The molecule has 1 atom stereocenters. The molecule has 4 fully saturated rings. The van der Waals surface area contributed by atoms with Crippen molar-refractivity contribution in [2.45, 2.75) is 89.8 Å². The monoisotopic (exact) mass is 572 g/mol. The molecule has 5 rings (SSSR count). The van der Waals surface area contributed by atoms with Crippen LogP contribution in [0.1, 0.15) is 82.7 Å². The summed E-state index contributed by atoms with van der Waals surface area (Å²) in [6.07, 6.45) is 7.83. The van der Waals surface area contributed by atoms with Crippen molar-refractivity contribution in [1.29, 1.82) is 0 Å². The van der Waals surface area contributed by atoms with Crippen LogP contribution in [0.4, 0.5) is 4.79 Å². The van der Waals surface area contributed by atoms with Crippen molar-refractivity contribution in [2.24, 2.45) is 28.0 Å². The number of amidine groups is 1. The molecule has 0 radical (unpaired) electrons. The SMILES string of the molecule is CN=C(N)c1c(O)n(CC2CCC2)c(=O)n(C2CCC(C)(C[C@H]3C(=O)N(C)C(=O)N3CC3CCOCC3)CC2)c1=O. The predicted octanol–water partition coefficient (Wildman–Crippen LogP) is 2.05. The lowest BCUT2D eigenvalue weighted by atomic mass is 9.70. The first kappa shape index (κ1) is 29.3. The quantitative estimate of drug-likeness (QED) is 0.275. The molecule has 226 valence electrons. The Kier molecular flexibility index (Phi) is 8.31. The van der Waals surface area contributed by atoms with Gasteiger partial charge in [0.15, 0.2) is 0 Å². The lowest BCUT2D eigenvalue weighted by molar-refractivity contribution is -0.128. The molecule has 2 saturated carbocycles. The Balaban J connectivity index is 1.36. The minimum Gasteiger partial charge on any atom is -0.494 e. The van der Waals surface area contributed by atoms with E-state index in [9.17, 15) is 24.3 Å². The molecule has 0 bridgehead atoms.